The van der Waals surface area contributed by atoms with Crippen molar-refractivity contribution < 1.29 is 4.79 Å². The molecule has 3 nitrogen and oxygen atoms in total. The number of amides is 1. The molecule has 0 radical (unpaired) electrons. The van der Waals surface area contributed by atoms with Crippen molar-refractivity contribution in [3.8, 4) is 0 Å². The second kappa shape index (κ2) is 5.50. The molecule has 1 rings (SSSR count). The van der Waals surface area contributed by atoms with Gasteiger partial charge in [-0.25, -0.2) is 0 Å². The number of hydrogen-bond donors (Lipinski definition) is 2. The van der Waals surface area contributed by atoms with Gasteiger partial charge in [0.25, 0.3) is 0 Å². The third-order valence-electron chi connectivity index (χ3n) is 2.05. The first-order chi connectivity index (χ1) is 6.20. The second-order valence-electron chi connectivity index (χ2n) is 3.75. The molecule has 1 aliphatic rings. The SMILES string of the molecule is CC(C)CCNC(=O)[C@@H]1CSCN1. The molecule has 1 saturated heterocycles. The highest BCUT2D eigenvalue weighted by atomic mass is 32.2. The molecule has 2 N–H and O–H groups in total. The van der Waals surface area contributed by atoms with Crippen LogP contribution >= 0.6 is 11.8 Å². The minimum Gasteiger partial charge on any atom is -0.355 e. The van der Waals surface area contributed by atoms with Crippen molar-refractivity contribution >= 4 is 17.7 Å². The topological polar surface area (TPSA) is 41.1 Å². The quantitative estimate of drug-likeness (QED) is 0.709. The van der Waals surface area contributed by atoms with E-state index < -0.39 is 0 Å². The molecule has 0 aromatic carbocycles. The second-order valence-corrected chi connectivity index (χ2v) is 4.78. The third-order valence-corrected chi connectivity index (χ3v) is 2.99. The van der Waals surface area contributed by atoms with Crippen LogP contribution in [0.15, 0.2) is 0 Å². The number of hydrogen-bond acceptors (Lipinski definition) is 3. The first-order valence-corrected chi connectivity index (χ1v) is 5.94. The van der Waals surface area contributed by atoms with Crippen LogP contribution in [-0.2, 0) is 4.79 Å². The minimum atomic E-state index is 0.0390. The summed E-state index contributed by atoms with van der Waals surface area (Å²) in [7, 11) is 0. The van der Waals surface area contributed by atoms with Gasteiger partial charge in [0.2, 0.25) is 5.91 Å². The molecular formula is C9H18N2OS. The highest BCUT2D eigenvalue weighted by Crippen LogP contribution is 2.09. The molecule has 0 aromatic heterocycles. The van der Waals surface area contributed by atoms with Crippen molar-refractivity contribution in [3.05, 3.63) is 0 Å². The normalized spacial score (nSPS) is 22.2. The van der Waals surface area contributed by atoms with E-state index in [1.807, 2.05) is 0 Å². The number of carbonyl (C=O) groups excluding carboxylic acids is 1. The van der Waals surface area contributed by atoms with E-state index in [9.17, 15) is 4.79 Å². The van der Waals surface area contributed by atoms with Crippen LogP contribution in [0.5, 0.6) is 0 Å². The molecule has 4 heteroatoms. The lowest BCUT2D eigenvalue weighted by molar-refractivity contribution is -0.122. The Kier molecular flexibility index (Phi) is 4.59. The summed E-state index contributed by atoms with van der Waals surface area (Å²) in [6, 6.07) is 0.0390. The lowest BCUT2D eigenvalue weighted by atomic mass is 10.1. The Labute approximate surface area is 84.0 Å². The van der Waals surface area contributed by atoms with Gasteiger partial charge in [0, 0.05) is 18.2 Å². The fourth-order valence-corrected chi connectivity index (χ4v) is 2.11. The van der Waals surface area contributed by atoms with Crippen LogP contribution in [-0.4, -0.2) is 30.1 Å². The van der Waals surface area contributed by atoms with Crippen molar-refractivity contribution in [3.63, 3.8) is 0 Å². The summed E-state index contributed by atoms with van der Waals surface area (Å²) < 4.78 is 0. The van der Waals surface area contributed by atoms with Crippen LogP contribution in [0.2, 0.25) is 0 Å². The largest absolute Gasteiger partial charge is 0.355 e. The molecule has 0 spiro atoms. The first kappa shape index (κ1) is 10.9. The zero-order valence-corrected chi connectivity index (χ0v) is 9.12. The van der Waals surface area contributed by atoms with Crippen molar-refractivity contribution in [2.24, 2.45) is 5.92 Å². The Hall–Kier alpha value is -0.220. The van der Waals surface area contributed by atoms with E-state index in [-0.39, 0.29) is 11.9 Å². The lowest BCUT2D eigenvalue weighted by Crippen LogP contribution is -2.42. The number of thioether (sulfide) groups is 1. The molecule has 1 atom stereocenters. The van der Waals surface area contributed by atoms with E-state index in [0.29, 0.717) is 5.92 Å². The van der Waals surface area contributed by atoms with E-state index in [1.54, 1.807) is 11.8 Å². The average Bonchev–Trinajstić information content (AvgIpc) is 2.55. The molecule has 1 heterocycles. The van der Waals surface area contributed by atoms with Crippen LogP contribution in [0, 0.1) is 5.92 Å². The predicted molar refractivity (Wildman–Crippen MR) is 56.7 cm³/mol. The van der Waals surface area contributed by atoms with Gasteiger partial charge >= 0.3 is 0 Å². The zero-order valence-electron chi connectivity index (χ0n) is 8.30. The van der Waals surface area contributed by atoms with Crippen LogP contribution in [0.1, 0.15) is 20.3 Å². The fraction of sp³-hybridized carbons (Fsp3) is 0.889. The Morgan fingerprint density at radius 3 is 3.00 bits per heavy atom. The van der Waals surface area contributed by atoms with E-state index in [2.05, 4.69) is 24.5 Å². The molecular weight excluding hydrogens is 184 g/mol. The number of carbonyl (C=O) groups is 1. The van der Waals surface area contributed by atoms with E-state index in [0.717, 1.165) is 24.6 Å². The van der Waals surface area contributed by atoms with Gasteiger partial charge in [-0.15, -0.1) is 11.8 Å². The van der Waals surface area contributed by atoms with Gasteiger partial charge in [-0.3, -0.25) is 10.1 Å². The van der Waals surface area contributed by atoms with Crippen molar-refractivity contribution in [2.75, 3.05) is 18.2 Å². The third kappa shape index (κ3) is 4.00. The highest BCUT2D eigenvalue weighted by Gasteiger charge is 2.21. The maximum Gasteiger partial charge on any atom is 0.238 e. The van der Waals surface area contributed by atoms with Gasteiger partial charge in [-0.2, -0.15) is 0 Å². The standard InChI is InChI=1S/C9H18N2OS/c1-7(2)3-4-10-9(12)8-5-13-6-11-8/h7-8,11H,3-6H2,1-2H3,(H,10,12)/t8-/m0/s1. The monoisotopic (exact) mass is 202 g/mol. The van der Waals surface area contributed by atoms with Crippen LogP contribution in [0.25, 0.3) is 0 Å². The molecule has 0 bridgehead atoms. The van der Waals surface area contributed by atoms with Crippen LogP contribution < -0.4 is 10.6 Å². The summed E-state index contributed by atoms with van der Waals surface area (Å²) in [6.07, 6.45) is 1.06. The van der Waals surface area contributed by atoms with E-state index >= 15 is 0 Å². The number of nitrogens with one attached hydrogen (secondary N) is 2. The summed E-state index contributed by atoms with van der Waals surface area (Å²) >= 11 is 1.78. The Balaban J connectivity index is 2.10. The summed E-state index contributed by atoms with van der Waals surface area (Å²) in [5.74, 6) is 2.63. The first-order valence-electron chi connectivity index (χ1n) is 4.79. The number of rotatable bonds is 4. The van der Waals surface area contributed by atoms with Gasteiger partial charge < -0.3 is 5.32 Å². The van der Waals surface area contributed by atoms with Gasteiger partial charge in [0.05, 0.1) is 6.04 Å². The molecule has 1 aliphatic heterocycles. The van der Waals surface area contributed by atoms with Crippen LogP contribution in [0.4, 0.5) is 0 Å². The summed E-state index contributed by atoms with van der Waals surface area (Å²) in [5.41, 5.74) is 0. The predicted octanol–water partition coefficient (Wildman–Crippen LogP) is 0.811. The van der Waals surface area contributed by atoms with Crippen molar-refractivity contribution in [2.45, 2.75) is 26.3 Å². The molecule has 13 heavy (non-hydrogen) atoms. The van der Waals surface area contributed by atoms with Gasteiger partial charge in [0.1, 0.15) is 0 Å². The molecule has 0 saturated carbocycles. The minimum absolute atomic E-state index is 0.0390. The average molecular weight is 202 g/mol. The van der Waals surface area contributed by atoms with E-state index in [4.69, 9.17) is 0 Å². The maximum atomic E-state index is 11.4. The summed E-state index contributed by atoms with van der Waals surface area (Å²) in [4.78, 5) is 11.4. The molecule has 0 aromatic rings. The molecule has 0 aliphatic carbocycles. The van der Waals surface area contributed by atoms with Gasteiger partial charge in [-0.1, -0.05) is 13.8 Å². The van der Waals surface area contributed by atoms with Crippen molar-refractivity contribution in [1.82, 2.24) is 10.6 Å². The van der Waals surface area contributed by atoms with Crippen LogP contribution in [0.3, 0.4) is 0 Å². The maximum absolute atomic E-state index is 11.4. The highest BCUT2D eigenvalue weighted by molar-refractivity contribution is 7.99. The van der Waals surface area contributed by atoms with Gasteiger partial charge in [0.15, 0.2) is 0 Å². The van der Waals surface area contributed by atoms with Gasteiger partial charge in [-0.05, 0) is 12.3 Å². The molecule has 76 valence electrons. The van der Waals surface area contributed by atoms with E-state index in [1.165, 1.54) is 0 Å². The fourth-order valence-electron chi connectivity index (χ4n) is 1.17. The summed E-state index contributed by atoms with van der Waals surface area (Å²) in [5, 5.41) is 6.09. The smallest absolute Gasteiger partial charge is 0.238 e. The Morgan fingerprint density at radius 1 is 1.69 bits per heavy atom. The molecule has 1 amide bonds. The Bertz CT molecular complexity index is 167. The Morgan fingerprint density at radius 2 is 2.46 bits per heavy atom. The lowest BCUT2D eigenvalue weighted by Gasteiger charge is -2.11. The molecule has 0 unspecified atom stereocenters. The summed E-state index contributed by atoms with van der Waals surface area (Å²) in [6.45, 7) is 5.13. The zero-order chi connectivity index (χ0) is 9.68. The van der Waals surface area contributed by atoms with Crippen molar-refractivity contribution in [1.29, 1.82) is 0 Å². The molecule has 1 fully saturated rings.